The van der Waals surface area contributed by atoms with E-state index in [0.29, 0.717) is 17.3 Å². The molecule has 2 nitrogen and oxygen atoms in total. The minimum absolute atomic E-state index is 0. The lowest BCUT2D eigenvalue weighted by Gasteiger charge is -1.99. The Morgan fingerprint density at radius 3 is 2.25 bits per heavy atom. The first-order valence-electron chi connectivity index (χ1n) is 2.98. The Labute approximate surface area is 89.1 Å². The van der Waals surface area contributed by atoms with Gasteiger partial charge in [-0.2, -0.15) is 0 Å². The fraction of sp³-hybridized carbons (Fsp3) is 0.143. The van der Waals surface area contributed by atoms with Crippen LogP contribution in [0.1, 0.15) is 5.56 Å². The van der Waals surface area contributed by atoms with Gasteiger partial charge in [0, 0.05) is 6.54 Å². The molecule has 0 radical (unpaired) electrons. The molecule has 0 saturated heterocycles. The Morgan fingerprint density at radius 1 is 1.25 bits per heavy atom. The SMILES string of the molecule is Cl.Cl.NCc1ccc(Cl)c(N)c1. The van der Waals surface area contributed by atoms with Crippen LogP contribution in [0.3, 0.4) is 0 Å². The monoisotopic (exact) mass is 228 g/mol. The highest BCUT2D eigenvalue weighted by Crippen LogP contribution is 2.18. The highest BCUT2D eigenvalue weighted by Gasteiger charge is 1.94. The highest BCUT2D eigenvalue weighted by molar-refractivity contribution is 6.33. The molecule has 0 heterocycles. The number of anilines is 1. The first-order chi connectivity index (χ1) is 4.74. The van der Waals surface area contributed by atoms with Gasteiger partial charge < -0.3 is 11.5 Å². The molecular weight excluding hydrogens is 218 g/mol. The lowest BCUT2D eigenvalue weighted by molar-refractivity contribution is 1.07. The van der Waals surface area contributed by atoms with Crippen LogP contribution < -0.4 is 11.5 Å². The predicted octanol–water partition coefficient (Wildman–Crippen LogP) is 2.22. The molecule has 0 amide bonds. The molecule has 1 aromatic rings. The molecule has 0 aliphatic heterocycles. The van der Waals surface area contributed by atoms with Crippen LogP contribution in [0.4, 0.5) is 5.69 Å². The minimum atomic E-state index is 0. The van der Waals surface area contributed by atoms with Crippen molar-refractivity contribution in [3.8, 4) is 0 Å². The van der Waals surface area contributed by atoms with E-state index >= 15 is 0 Å². The van der Waals surface area contributed by atoms with Crippen molar-refractivity contribution in [1.82, 2.24) is 0 Å². The molecule has 0 unspecified atom stereocenters. The van der Waals surface area contributed by atoms with Gasteiger partial charge in [-0.25, -0.2) is 0 Å². The third kappa shape index (κ3) is 3.50. The highest BCUT2D eigenvalue weighted by atomic mass is 35.5. The van der Waals surface area contributed by atoms with E-state index in [4.69, 9.17) is 23.1 Å². The summed E-state index contributed by atoms with van der Waals surface area (Å²) in [5.41, 5.74) is 12.5. The Bertz CT molecular complexity index is 240. The van der Waals surface area contributed by atoms with Crippen molar-refractivity contribution in [3.63, 3.8) is 0 Å². The molecule has 0 aromatic heterocycles. The van der Waals surface area contributed by atoms with Crippen LogP contribution in [0, 0.1) is 0 Å². The summed E-state index contributed by atoms with van der Waals surface area (Å²) in [6, 6.07) is 5.39. The molecule has 4 N–H and O–H groups in total. The third-order valence-corrected chi connectivity index (χ3v) is 1.64. The maximum Gasteiger partial charge on any atom is 0.0635 e. The number of benzene rings is 1. The zero-order chi connectivity index (χ0) is 7.56. The second kappa shape index (κ2) is 6.38. The summed E-state index contributed by atoms with van der Waals surface area (Å²) in [5, 5.41) is 0.581. The van der Waals surface area contributed by atoms with Gasteiger partial charge in [0.05, 0.1) is 10.7 Å². The molecule has 0 saturated carbocycles. The second-order valence-electron chi connectivity index (χ2n) is 2.06. The molecular formula is C7H11Cl3N2. The van der Waals surface area contributed by atoms with E-state index in [-0.39, 0.29) is 24.8 Å². The van der Waals surface area contributed by atoms with E-state index in [1.165, 1.54) is 0 Å². The summed E-state index contributed by atoms with van der Waals surface area (Å²) in [5.74, 6) is 0. The standard InChI is InChI=1S/C7H9ClN2.2ClH/c8-6-2-1-5(4-9)3-7(6)10;;/h1-3H,4,9-10H2;2*1H. The fourth-order valence-corrected chi connectivity index (χ4v) is 0.838. The van der Waals surface area contributed by atoms with Crippen LogP contribution in [-0.2, 0) is 6.54 Å². The van der Waals surface area contributed by atoms with E-state index in [2.05, 4.69) is 0 Å². The lowest BCUT2D eigenvalue weighted by atomic mass is 10.2. The molecule has 0 aliphatic rings. The number of nitrogens with two attached hydrogens (primary N) is 2. The Morgan fingerprint density at radius 2 is 1.83 bits per heavy atom. The Hall–Kier alpha value is -0.150. The van der Waals surface area contributed by atoms with Crippen LogP contribution in [0.25, 0.3) is 0 Å². The number of rotatable bonds is 1. The van der Waals surface area contributed by atoms with Crippen LogP contribution in [0.15, 0.2) is 18.2 Å². The average molecular weight is 230 g/mol. The van der Waals surface area contributed by atoms with E-state index in [1.807, 2.05) is 6.07 Å². The molecule has 0 aliphatic carbocycles. The molecule has 12 heavy (non-hydrogen) atoms. The average Bonchev–Trinajstić information content (AvgIpc) is 1.95. The topological polar surface area (TPSA) is 52.0 Å². The van der Waals surface area contributed by atoms with Gasteiger partial charge in [-0.15, -0.1) is 24.8 Å². The maximum atomic E-state index is 5.67. The van der Waals surface area contributed by atoms with Crippen LogP contribution in [-0.4, -0.2) is 0 Å². The van der Waals surface area contributed by atoms with Crippen molar-refractivity contribution in [2.24, 2.45) is 5.73 Å². The molecule has 1 aromatic carbocycles. The number of hydrogen-bond donors (Lipinski definition) is 2. The lowest BCUT2D eigenvalue weighted by Crippen LogP contribution is -1.97. The molecule has 0 fully saturated rings. The zero-order valence-corrected chi connectivity index (χ0v) is 8.68. The van der Waals surface area contributed by atoms with Gasteiger partial charge in [0.15, 0.2) is 0 Å². The van der Waals surface area contributed by atoms with Crippen molar-refractivity contribution in [2.75, 3.05) is 5.73 Å². The summed E-state index contributed by atoms with van der Waals surface area (Å²) in [6.45, 7) is 0.501. The summed E-state index contributed by atoms with van der Waals surface area (Å²) in [6.07, 6.45) is 0. The zero-order valence-electron chi connectivity index (χ0n) is 6.29. The van der Waals surface area contributed by atoms with Gasteiger partial charge >= 0.3 is 0 Å². The van der Waals surface area contributed by atoms with E-state index < -0.39 is 0 Å². The Kier molecular flexibility index (Phi) is 7.64. The molecule has 0 atom stereocenters. The number of hydrogen-bond acceptors (Lipinski definition) is 2. The first kappa shape index (κ1) is 14.4. The quantitative estimate of drug-likeness (QED) is 0.726. The van der Waals surface area contributed by atoms with Crippen molar-refractivity contribution in [1.29, 1.82) is 0 Å². The van der Waals surface area contributed by atoms with E-state index in [1.54, 1.807) is 12.1 Å². The minimum Gasteiger partial charge on any atom is -0.398 e. The molecule has 1 rings (SSSR count). The fourth-order valence-electron chi connectivity index (χ4n) is 0.720. The van der Waals surface area contributed by atoms with E-state index in [9.17, 15) is 0 Å². The van der Waals surface area contributed by atoms with Crippen LogP contribution in [0.5, 0.6) is 0 Å². The van der Waals surface area contributed by atoms with Crippen LogP contribution in [0.2, 0.25) is 5.02 Å². The van der Waals surface area contributed by atoms with Crippen LogP contribution >= 0.6 is 36.4 Å². The van der Waals surface area contributed by atoms with Gasteiger partial charge in [-0.1, -0.05) is 17.7 Å². The van der Waals surface area contributed by atoms with Crippen molar-refractivity contribution in [3.05, 3.63) is 28.8 Å². The van der Waals surface area contributed by atoms with Crippen molar-refractivity contribution < 1.29 is 0 Å². The van der Waals surface area contributed by atoms with Gasteiger partial charge in [-0.3, -0.25) is 0 Å². The Balaban J connectivity index is 0. The summed E-state index contributed by atoms with van der Waals surface area (Å²) in [7, 11) is 0. The molecule has 0 bridgehead atoms. The van der Waals surface area contributed by atoms with Gasteiger partial charge in [0.25, 0.3) is 0 Å². The third-order valence-electron chi connectivity index (χ3n) is 1.30. The maximum absolute atomic E-state index is 5.67. The largest absolute Gasteiger partial charge is 0.398 e. The molecule has 5 heteroatoms. The molecule has 0 spiro atoms. The normalized spacial score (nSPS) is 8.17. The van der Waals surface area contributed by atoms with Crippen molar-refractivity contribution in [2.45, 2.75) is 6.54 Å². The van der Waals surface area contributed by atoms with Crippen molar-refractivity contribution >= 4 is 42.1 Å². The predicted molar refractivity (Wildman–Crippen MR) is 58.3 cm³/mol. The number of halogens is 3. The van der Waals surface area contributed by atoms with Gasteiger partial charge in [0.2, 0.25) is 0 Å². The smallest absolute Gasteiger partial charge is 0.0635 e. The molecule has 70 valence electrons. The van der Waals surface area contributed by atoms with E-state index in [0.717, 1.165) is 5.56 Å². The van der Waals surface area contributed by atoms with Gasteiger partial charge in [0.1, 0.15) is 0 Å². The summed E-state index contributed by atoms with van der Waals surface area (Å²) >= 11 is 5.67. The summed E-state index contributed by atoms with van der Waals surface area (Å²) < 4.78 is 0. The first-order valence-corrected chi connectivity index (χ1v) is 3.36. The van der Waals surface area contributed by atoms with Gasteiger partial charge in [-0.05, 0) is 17.7 Å². The second-order valence-corrected chi connectivity index (χ2v) is 2.47. The number of nitrogen functional groups attached to an aromatic ring is 1. The summed E-state index contributed by atoms with van der Waals surface area (Å²) in [4.78, 5) is 0.